The van der Waals surface area contributed by atoms with Gasteiger partial charge >= 0.3 is 0 Å². The van der Waals surface area contributed by atoms with Crippen LogP contribution in [0.1, 0.15) is 27.0 Å². The zero-order chi connectivity index (χ0) is 21.8. The van der Waals surface area contributed by atoms with E-state index in [1.54, 1.807) is 48.5 Å². The van der Waals surface area contributed by atoms with Crippen LogP contribution in [-0.4, -0.2) is 22.1 Å². The van der Waals surface area contributed by atoms with Crippen molar-refractivity contribution in [3.63, 3.8) is 0 Å². The Balaban J connectivity index is 2.00. The molecular weight excluding hydrogens is 472 g/mol. The molecule has 1 N–H and O–H groups in total. The molecule has 0 unspecified atom stereocenters. The summed E-state index contributed by atoms with van der Waals surface area (Å²) in [5.74, 6) is -0.619. The first-order chi connectivity index (χ1) is 14.3. The summed E-state index contributed by atoms with van der Waals surface area (Å²) in [6.45, 7) is 0.991. The fourth-order valence-corrected chi connectivity index (χ4v) is 3.44. The number of Topliss-reactive ketones (excluding diaryl/α,β-unsaturated/α-hetero) is 1. The second kappa shape index (κ2) is 9.16. The van der Waals surface area contributed by atoms with Crippen molar-refractivity contribution in [3.8, 4) is 17.7 Å². The number of pyridine rings is 1. The zero-order valence-electron chi connectivity index (χ0n) is 15.9. The van der Waals surface area contributed by atoms with Crippen molar-refractivity contribution >= 4 is 33.3 Å². The molecule has 1 aromatic heterocycles. The van der Waals surface area contributed by atoms with Crippen LogP contribution in [0.2, 0.25) is 5.02 Å². The van der Waals surface area contributed by atoms with Gasteiger partial charge in [-0.2, -0.15) is 5.26 Å². The van der Waals surface area contributed by atoms with Gasteiger partial charge in [-0.15, -0.1) is 0 Å². The first kappa shape index (κ1) is 21.6. The lowest BCUT2D eigenvalue weighted by molar-refractivity contribution is 0.0916. The Bertz CT molecular complexity index is 1210. The summed E-state index contributed by atoms with van der Waals surface area (Å²) in [5.41, 5.74) is -0.367. The van der Waals surface area contributed by atoms with E-state index < -0.39 is 17.2 Å². The maximum Gasteiger partial charge on any atom is 0.271 e. The van der Waals surface area contributed by atoms with Crippen molar-refractivity contribution in [2.45, 2.75) is 13.5 Å². The number of aromatic nitrogens is 1. The summed E-state index contributed by atoms with van der Waals surface area (Å²) in [6.07, 6.45) is 0. The molecule has 0 saturated heterocycles. The smallest absolute Gasteiger partial charge is 0.271 e. The number of ether oxygens (including phenoxy) is 1. The van der Waals surface area contributed by atoms with E-state index in [4.69, 9.17) is 16.3 Å². The quantitative estimate of drug-likeness (QED) is 0.518. The number of aromatic hydroxyl groups is 1. The van der Waals surface area contributed by atoms with Crippen LogP contribution < -0.4 is 10.3 Å². The molecule has 1 heterocycles. The number of hydrogen-bond donors (Lipinski definition) is 1. The molecule has 6 nitrogen and oxygen atoms in total. The van der Waals surface area contributed by atoms with Crippen LogP contribution in [0.15, 0.2) is 57.8 Å². The molecule has 0 radical (unpaired) electrons. The fourth-order valence-electron chi connectivity index (χ4n) is 2.98. The Hall–Kier alpha value is -3.08. The number of rotatable bonds is 6. The first-order valence-corrected chi connectivity index (χ1v) is 10.0. The lowest BCUT2D eigenvalue weighted by atomic mass is 10.0. The van der Waals surface area contributed by atoms with Crippen molar-refractivity contribution < 1.29 is 14.6 Å². The third-order valence-corrected chi connectivity index (χ3v) is 5.45. The highest BCUT2D eigenvalue weighted by molar-refractivity contribution is 9.10. The van der Waals surface area contributed by atoms with Crippen LogP contribution in [0.3, 0.4) is 0 Å². The minimum Gasteiger partial charge on any atom is -0.494 e. The minimum absolute atomic E-state index is 0.0901. The Kier molecular flexibility index (Phi) is 6.60. The van der Waals surface area contributed by atoms with Gasteiger partial charge in [-0.1, -0.05) is 45.7 Å². The van der Waals surface area contributed by atoms with E-state index in [1.165, 1.54) is 6.92 Å². The van der Waals surface area contributed by atoms with E-state index in [9.17, 15) is 20.0 Å². The maximum atomic E-state index is 12.8. The molecule has 8 heteroatoms. The van der Waals surface area contributed by atoms with E-state index in [0.29, 0.717) is 16.3 Å². The molecule has 0 bridgehead atoms. The van der Waals surface area contributed by atoms with Gasteiger partial charge < -0.3 is 9.84 Å². The van der Waals surface area contributed by atoms with Crippen molar-refractivity contribution in [3.05, 3.63) is 90.6 Å². The van der Waals surface area contributed by atoms with Gasteiger partial charge in [0.1, 0.15) is 17.4 Å². The van der Waals surface area contributed by atoms with Gasteiger partial charge in [-0.25, -0.2) is 0 Å². The molecule has 0 aliphatic carbocycles. The standard InChI is InChI=1S/C22H16BrClN2O4/c1-13-17(10-25)21(28)26(11-14-4-2-3-5-18(14)24)22(29)20(13)19(27)12-30-16-8-6-15(23)7-9-16/h2-9,29H,11-12H2,1H3. The highest BCUT2D eigenvalue weighted by Crippen LogP contribution is 2.25. The topological polar surface area (TPSA) is 92.3 Å². The molecule has 3 rings (SSSR count). The van der Waals surface area contributed by atoms with E-state index >= 15 is 0 Å². The van der Waals surface area contributed by atoms with Gasteiger partial charge in [0.15, 0.2) is 6.61 Å². The Labute approximate surface area is 186 Å². The molecule has 152 valence electrons. The molecule has 30 heavy (non-hydrogen) atoms. The zero-order valence-corrected chi connectivity index (χ0v) is 18.2. The van der Waals surface area contributed by atoms with Gasteiger partial charge in [0.05, 0.1) is 12.1 Å². The fraction of sp³-hybridized carbons (Fsp3) is 0.136. The van der Waals surface area contributed by atoms with Gasteiger partial charge in [0.25, 0.3) is 5.56 Å². The van der Waals surface area contributed by atoms with Gasteiger partial charge in [-0.3, -0.25) is 14.2 Å². The van der Waals surface area contributed by atoms with Gasteiger partial charge in [-0.05, 0) is 48.4 Å². The summed E-state index contributed by atoms with van der Waals surface area (Å²) in [5, 5.41) is 20.6. The predicted octanol–water partition coefficient (Wildman–Crippen LogP) is 4.46. The number of halogens is 2. The van der Waals surface area contributed by atoms with Crippen LogP contribution >= 0.6 is 27.5 Å². The number of hydrogen-bond acceptors (Lipinski definition) is 5. The highest BCUT2D eigenvalue weighted by atomic mass is 79.9. The Morgan fingerprint density at radius 1 is 1.23 bits per heavy atom. The van der Waals surface area contributed by atoms with E-state index in [1.807, 2.05) is 6.07 Å². The maximum absolute atomic E-state index is 12.8. The van der Waals surface area contributed by atoms with E-state index in [0.717, 1.165) is 9.04 Å². The minimum atomic E-state index is -0.696. The van der Waals surface area contributed by atoms with Crippen LogP contribution in [0.4, 0.5) is 0 Å². The number of nitriles is 1. The van der Waals surface area contributed by atoms with Crippen molar-refractivity contribution in [2.24, 2.45) is 0 Å². The molecule has 0 fully saturated rings. The molecule has 0 saturated carbocycles. The number of nitrogens with zero attached hydrogens (tertiary/aromatic N) is 2. The van der Waals surface area contributed by atoms with Crippen molar-refractivity contribution in [1.82, 2.24) is 4.57 Å². The van der Waals surface area contributed by atoms with Gasteiger partial charge in [0.2, 0.25) is 11.7 Å². The largest absolute Gasteiger partial charge is 0.494 e. The molecule has 0 aliphatic heterocycles. The second-order valence-electron chi connectivity index (χ2n) is 6.46. The molecule has 3 aromatic rings. The number of carbonyl (C=O) groups is 1. The average Bonchev–Trinajstić information content (AvgIpc) is 2.72. The summed E-state index contributed by atoms with van der Waals surface area (Å²) < 4.78 is 7.33. The Morgan fingerprint density at radius 2 is 1.90 bits per heavy atom. The van der Waals surface area contributed by atoms with Crippen LogP contribution in [0, 0.1) is 18.3 Å². The molecule has 0 aliphatic rings. The summed E-state index contributed by atoms with van der Waals surface area (Å²) >= 11 is 9.48. The molecule has 2 aromatic carbocycles. The molecular formula is C22H16BrClN2O4. The number of ketones is 1. The number of carbonyl (C=O) groups excluding carboxylic acids is 1. The molecule has 0 spiro atoms. The number of benzene rings is 2. The van der Waals surface area contributed by atoms with Crippen LogP contribution in [-0.2, 0) is 6.54 Å². The molecule has 0 amide bonds. The summed E-state index contributed by atoms with van der Waals surface area (Å²) in [4.78, 5) is 25.6. The van der Waals surface area contributed by atoms with Crippen LogP contribution in [0.5, 0.6) is 11.6 Å². The van der Waals surface area contributed by atoms with E-state index in [-0.39, 0.29) is 29.8 Å². The van der Waals surface area contributed by atoms with Crippen molar-refractivity contribution in [2.75, 3.05) is 6.61 Å². The third kappa shape index (κ3) is 4.40. The SMILES string of the molecule is Cc1c(C(=O)COc2ccc(Br)cc2)c(O)n(Cc2ccccc2Cl)c(=O)c1C#N. The van der Waals surface area contributed by atoms with Crippen LogP contribution in [0.25, 0.3) is 0 Å². The Morgan fingerprint density at radius 3 is 2.53 bits per heavy atom. The summed E-state index contributed by atoms with van der Waals surface area (Å²) in [7, 11) is 0. The first-order valence-electron chi connectivity index (χ1n) is 8.85. The lowest BCUT2D eigenvalue weighted by Gasteiger charge is -2.16. The predicted molar refractivity (Wildman–Crippen MR) is 116 cm³/mol. The molecule has 0 atom stereocenters. The summed E-state index contributed by atoms with van der Waals surface area (Å²) in [6, 6.07) is 15.5. The second-order valence-corrected chi connectivity index (χ2v) is 7.78. The monoisotopic (exact) mass is 486 g/mol. The van der Waals surface area contributed by atoms with Crippen molar-refractivity contribution in [1.29, 1.82) is 5.26 Å². The highest BCUT2D eigenvalue weighted by Gasteiger charge is 2.24. The normalized spacial score (nSPS) is 10.5. The average molecular weight is 488 g/mol. The lowest BCUT2D eigenvalue weighted by Crippen LogP contribution is -2.28. The van der Waals surface area contributed by atoms with Gasteiger partial charge in [0, 0.05) is 9.50 Å². The van der Waals surface area contributed by atoms with E-state index in [2.05, 4.69) is 15.9 Å². The third-order valence-electron chi connectivity index (χ3n) is 4.55.